The van der Waals surface area contributed by atoms with E-state index in [0.717, 1.165) is 24.8 Å². The molecule has 1 heterocycles. The van der Waals surface area contributed by atoms with E-state index >= 15 is 0 Å². The van der Waals surface area contributed by atoms with Crippen LogP contribution in [0.5, 0.6) is 0 Å². The molecule has 24 heavy (non-hydrogen) atoms. The summed E-state index contributed by atoms with van der Waals surface area (Å²) in [6.45, 7) is 4.58. The fourth-order valence-electron chi connectivity index (χ4n) is 2.83. The highest BCUT2D eigenvalue weighted by Gasteiger charge is 2.37. The van der Waals surface area contributed by atoms with Crippen molar-refractivity contribution in [2.24, 2.45) is 5.92 Å². The lowest BCUT2D eigenvalue weighted by Gasteiger charge is -2.19. The molecule has 0 aromatic heterocycles. The van der Waals surface area contributed by atoms with Gasteiger partial charge in [0.15, 0.2) is 0 Å². The van der Waals surface area contributed by atoms with E-state index in [4.69, 9.17) is 4.74 Å². The van der Waals surface area contributed by atoms with Crippen LogP contribution < -0.4 is 0 Å². The van der Waals surface area contributed by atoms with Gasteiger partial charge in [-0.2, -0.15) is 0 Å². The van der Waals surface area contributed by atoms with Crippen LogP contribution >= 0.6 is 0 Å². The fourth-order valence-corrected chi connectivity index (χ4v) is 2.83. The summed E-state index contributed by atoms with van der Waals surface area (Å²) in [6, 6.07) is 9.71. The molecule has 0 radical (unpaired) electrons. The lowest BCUT2D eigenvalue weighted by atomic mass is 10.1. The molecule has 1 aliphatic heterocycles. The molecule has 0 saturated carbocycles. The van der Waals surface area contributed by atoms with Crippen LogP contribution in [-0.2, 0) is 16.0 Å². The minimum Gasteiger partial charge on any atom is -0.447 e. The molecule has 2 rings (SSSR count). The van der Waals surface area contributed by atoms with Gasteiger partial charge < -0.3 is 4.74 Å². The maximum absolute atomic E-state index is 12.4. The number of carbonyl (C=O) groups excluding carboxylic acids is 2. The molecule has 130 valence electrons. The number of hydrogen-bond acceptors (Lipinski definition) is 3. The van der Waals surface area contributed by atoms with Crippen molar-refractivity contribution in [2.45, 2.75) is 52.0 Å². The van der Waals surface area contributed by atoms with Gasteiger partial charge in [0.05, 0.1) is 6.04 Å². The fraction of sp³-hybridized carbons (Fsp3) is 0.500. The molecule has 1 aliphatic rings. The van der Waals surface area contributed by atoms with Crippen LogP contribution in [0.2, 0.25) is 0 Å². The number of amides is 2. The predicted molar refractivity (Wildman–Crippen MR) is 94.6 cm³/mol. The Labute approximate surface area is 144 Å². The second-order valence-corrected chi connectivity index (χ2v) is 6.60. The largest absolute Gasteiger partial charge is 0.447 e. The number of benzene rings is 1. The van der Waals surface area contributed by atoms with Crippen molar-refractivity contribution in [3.63, 3.8) is 0 Å². The van der Waals surface area contributed by atoms with Crippen LogP contribution in [-0.4, -0.2) is 29.5 Å². The topological polar surface area (TPSA) is 46.6 Å². The number of cyclic esters (lactones) is 1. The summed E-state index contributed by atoms with van der Waals surface area (Å²) in [6.07, 6.45) is 7.62. The highest BCUT2D eigenvalue weighted by Crippen LogP contribution is 2.19. The Kier molecular flexibility index (Phi) is 7.04. The highest BCUT2D eigenvalue weighted by molar-refractivity contribution is 5.93. The molecule has 0 spiro atoms. The summed E-state index contributed by atoms with van der Waals surface area (Å²) in [7, 11) is 0. The van der Waals surface area contributed by atoms with Gasteiger partial charge in [-0.3, -0.25) is 4.79 Å². The third kappa shape index (κ3) is 5.52. The van der Waals surface area contributed by atoms with Crippen molar-refractivity contribution in [1.82, 2.24) is 4.90 Å². The molecule has 0 aliphatic carbocycles. The molecule has 1 saturated heterocycles. The van der Waals surface area contributed by atoms with Crippen molar-refractivity contribution in [3.05, 3.63) is 48.0 Å². The summed E-state index contributed by atoms with van der Waals surface area (Å²) in [5.41, 5.74) is 1.11. The van der Waals surface area contributed by atoms with Crippen molar-refractivity contribution in [1.29, 1.82) is 0 Å². The molecule has 4 nitrogen and oxygen atoms in total. The Morgan fingerprint density at radius 1 is 1.29 bits per heavy atom. The van der Waals surface area contributed by atoms with Gasteiger partial charge in [-0.15, -0.1) is 0 Å². The Hall–Kier alpha value is -2.10. The first kappa shape index (κ1) is 18.2. The average Bonchev–Trinajstić information content (AvgIpc) is 2.92. The van der Waals surface area contributed by atoms with E-state index in [2.05, 4.69) is 26.0 Å². The Bertz CT molecular complexity index is 566. The van der Waals surface area contributed by atoms with Crippen LogP contribution in [0, 0.1) is 5.92 Å². The quantitative estimate of drug-likeness (QED) is 0.526. The summed E-state index contributed by atoms with van der Waals surface area (Å²) in [5.74, 6) is 0.441. The number of imide groups is 1. The maximum atomic E-state index is 12.4. The van der Waals surface area contributed by atoms with Crippen molar-refractivity contribution in [3.8, 4) is 0 Å². The second kappa shape index (κ2) is 9.26. The van der Waals surface area contributed by atoms with Crippen molar-refractivity contribution < 1.29 is 14.3 Å². The molecule has 0 unspecified atom stereocenters. The van der Waals surface area contributed by atoms with Gasteiger partial charge in [-0.05, 0) is 37.2 Å². The molecule has 1 aromatic carbocycles. The van der Waals surface area contributed by atoms with Crippen molar-refractivity contribution >= 4 is 12.0 Å². The molecule has 1 fully saturated rings. The number of allylic oxidation sites excluding steroid dienone is 2. The van der Waals surface area contributed by atoms with E-state index < -0.39 is 6.09 Å². The number of rotatable bonds is 8. The van der Waals surface area contributed by atoms with E-state index in [0.29, 0.717) is 18.8 Å². The first-order valence-electron chi connectivity index (χ1n) is 8.77. The average molecular weight is 329 g/mol. The van der Waals surface area contributed by atoms with Crippen LogP contribution in [0.25, 0.3) is 0 Å². The zero-order valence-corrected chi connectivity index (χ0v) is 14.6. The van der Waals surface area contributed by atoms with Crippen LogP contribution in [0.1, 0.15) is 45.1 Å². The first-order valence-corrected chi connectivity index (χ1v) is 8.77. The monoisotopic (exact) mass is 329 g/mol. The van der Waals surface area contributed by atoms with Crippen LogP contribution in [0.4, 0.5) is 4.79 Å². The number of nitrogens with zero attached hydrogens (tertiary/aromatic N) is 1. The molecule has 1 atom stereocenters. The summed E-state index contributed by atoms with van der Waals surface area (Å²) in [4.78, 5) is 25.6. The van der Waals surface area contributed by atoms with Crippen LogP contribution in [0.15, 0.2) is 42.5 Å². The minimum absolute atomic E-state index is 0.119. The highest BCUT2D eigenvalue weighted by atomic mass is 16.6. The Morgan fingerprint density at radius 3 is 2.75 bits per heavy atom. The van der Waals surface area contributed by atoms with Gasteiger partial charge in [-0.25, -0.2) is 9.69 Å². The summed E-state index contributed by atoms with van der Waals surface area (Å²) in [5, 5.41) is 0. The third-order valence-corrected chi connectivity index (χ3v) is 4.08. The summed E-state index contributed by atoms with van der Waals surface area (Å²) >= 11 is 0. The Morgan fingerprint density at radius 2 is 2.04 bits per heavy atom. The molecule has 0 N–H and O–H groups in total. The normalized spacial score (nSPS) is 17.7. The standard InChI is InChI=1S/C20H27NO3/c1-16(2)10-6-3-4-9-13-19(22)21-18(15-24-20(21)23)14-17-11-7-5-8-12-17/h5-8,10-12,16,18H,3-4,9,13-15H2,1-2H3/b10-6+/t18-/m1/s1. The molecule has 1 aromatic rings. The molecule has 0 bridgehead atoms. The number of unbranched alkanes of at least 4 members (excludes halogenated alkanes) is 2. The van der Waals surface area contributed by atoms with Gasteiger partial charge in [0.25, 0.3) is 0 Å². The lowest BCUT2D eigenvalue weighted by molar-refractivity contribution is -0.129. The smallest absolute Gasteiger partial charge is 0.416 e. The lowest BCUT2D eigenvalue weighted by Crippen LogP contribution is -2.40. The molecule has 4 heteroatoms. The SMILES string of the molecule is CC(C)/C=C/CCCCC(=O)N1C(=O)OC[C@H]1Cc1ccccc1. The molecular weight excluding hydrogens is 302 g/mol. The maximum Gasteiger partial charge on any atom is 0.416 e. The predicted octanol–water partition coefficient (Wildman–Crippen LogP) is 4.35. The zero-order valence-electron chi connectivity index (χ0n) is 14.6. The van der Waals surface area contributed by atoms with Gasteiger partial charge >= 0.3 is 6.09 Å². The second-order valence-electron chi connectivity index (χ2n) is 6.60. The van der Waals surface area contributed by atoms with E-state index in [1.807, 2.05) is 30.3 Å². The Balaban J connectivity index is 1.81. The number of carbonyl (C=O) groups is 2. The molecule has 2 amide bonds. The van der Waals surface area contributed by atoms with Gasteiger partial charge in [0, 0.05) is 6.42 Å². The van der Waals surface area contributed by atoms with E-state index in [1.54, 1.807) is 0 Å². The van der Waals surface area contributed by atoms with Gasteiger partial charge in [0.2, 0.25) is 5.91 Å². The van der Waals surface area contributed by atoms with Crippen molar-refractivity contribution in [2.75, 3.05) is 6.61 Å². The number of hydrogen-bond donors (Lipinski definition) is 0. The molecular formula is C20H27NO3. The number of ether oxygens (including phenoxy) is 1. The van der Waals surface area contributed by atoms with E-state index in [1.165, 1.54) is 4.90 Å². The summed E-state index contributed by atoms with van der Waals surface area (Å²) < 4.78 is 5.10. The van der Waals surface area contributed by atoms with Crippen LogP contribution in [0.3, 0.4) is 0 Å². The third-order valence-electron chi connectivity index (χ3n) is 4.08. The van der Waals surface area contributed by atoms with E-state index in [-0.39, 0.29) is 18.6 Å². The van der Waals surface area contributed by atoms with E-state index in [9.17, 15) is 9.59 Å². The first-order chi connectivity index (χ1) is 11.6. The van der Waals surface area contributed by atoms with Gasteiger partial charge in [0.1, 0.15) is 6.61 Å². The minimum atomic E-state index is -0.499. The van der Waals surface area contributed by atoms with Gasteiger partial charge in [-0.1, -0.05) is 56.3 Å². The zero-order chi connectivity index (χ0) is 17.4.